The molecule has 0 saturated carbocycles. The highest BCUT2D eigenvalue weighted by Gasteiger charge is 2.27. The van der Waals surface area contributed by atoms with Gasteiger partial charge in [0.05, 0.1) is 13.0 Å². The van der Waals surface area contributed by atoms with Crippen molar-refractivity contribution in [1.29, 1.82) is 0 Å². The molecule has 4 nitrogen and oxygen atoms in total. The topological polar surface area (TPSA) is 55.4 Å². The Labute approximate surface area is 196 Å². The van der Waals surface area contributed by atoms with Gasteiger partial charge in [0.15, 0.2) is 0 Å². The van der Waals surface area contributed by atoms with Gasteiger partial charge in [-0.05, 0) is 58.7 Å². The van der Waals surface area contributed by atoms with E-state index in [1.165, 1.54) is 27.8 Å². The van der Waals surface area contributed by atoms with Gasteiger partial charge < -0.3 is 10.1 Å². The van der Waals surface area contributed by atoms with Crippen molar-refractivity contribution in [3.8, 4) is 11.1 Å². The molecule has 0 aliphatic heterocycles. The second-order valence-electron chi connectivity index (χ2n) is 8.59. The van der Waals surface area contributed by atoms with E-state index in [0.717, 1.165) is 17.5 Å². The Morgan fingerprint density at radius 2 is 1.58 bits per heavy atom. The summed E-state index contributed by atoms with van der Waals surface area (Å²) in [7, 11) is 0. The van der Waals surface area contributed by atoms with E-state index < -0.39 is 0 Å². The summed E-state index contributed by atoms with van der Waals surface area (Å²) in [6.07, 6.45) is 2.25. The standard InChI is InChI=1S/C29H31NO3/c1-3-33-28(32)16-15-21-11-13-22(14-12-21)17-18-30-27(31)19-23-7-6-10-26-25-9-5-4-8-24(25)20(2)29(23)26/h4-14,20H,3,15-19H2,1-2H3,(H,30,31). The molecule has 0 fully saturated rings. The maximum Gasteiger partial charge on any atom is 0.306 e. The van der Waals surface area contributed by atoms with E-state index in [2.05, 4.69) is 66.8 Å². The van der Waals surface area contributed by atoms with E-state index in [4.69, 9.17) is 4.74 Å². The van der Waals surface area contributed by atoms with Crippen LogP contribution >= 0.6 is 0 Å². The largest absolute Gasteiger partial charge is 0.466 e. The maximum atomic E-state index is 12.7. The molecule has 0 heterocycles. The smallest absolute Gasteiger partial charge is 0.306 e. The van der Waals surface area contributed by atoms with Crippen molar-refractivity contribution in [2.24, 2.45) is 0 Å². The molecule has 3 aromatic rings. The molecule has 4 heteroatoms. The van der Waals surface area contributed by atoms with Gasteiger partial charge in [-0.2, -0.15) is 0 Å². The van der Waals surface area contributed by atoms with E-state index >= 15 is 0 Å². The summed E-state index contributed by atoms with van der Waals surface area (Å²) in [5.41, 5.74) is 8.56. The molecule has 0 saturated heterocycles. The lowest BCUT2D eigenvalue weighted by Gasteiger charge is -2.13. The monoisotopic (exact) mass is 441 g/mol. The number of hydrogen-bond donors (Lipinski definition) is 1. The van der Waals surface area contributed by atoms with Crippen molar-refractivity contribution in [2.45, 2.75) is 45.4 Å². The first-order valence-corrected chi connectivity index (χ1v) is 11.8. The first kappa shape index (κ1) is 22.8. The number of aryl methyl sites for hydroxylation is 1. The van der Waals surface area contributed by atoms with Crippen molar-refractivity contribution >= 4 is 11.9 Å². The Morgan fingerprint density at radius 3 is 2.33 bits per heavy atom. The van der Waals surface area contributed by atoms with Gasteiger partial charge in [0.2, 0.25) is 5.91 Å². The first-order valence-electron chi connectivity index (χ1n) is 11.8. The SMILES string of the molecule is CCOC(=O)CCc1ccc(CCNC(=O)Cc2cccc3c2C(C)c2ccccc2-3)cc1. The fourth-order valence-corrected chi connectivity index (χ4v) is 4.72. The summed E-state index contributed by atoms with van der Waals surface area (Å²) in [6, 6.07) is 23.0. The van der Waals surface area contributed by atoms with Gasteiger partial charge in [0.1, 0.15) is 0 Å². The summed E-state index contributed by atoms with van der Waals surface area (Å²) in [5.74, 6) is 0.201. The molecule has 1 aliphatic carbocycles. The second-order valence-corrected chi connectivity index (χ2v) is 8.59. The highest BCUT2D eigenvalue weighted by molar-refractivity contribution is 5.84. The van der Waals surface area contributed by atoms with Crippen LogP contribution in [0.3, 0.4) is 0 Å². The van der Waals surface area contributed by atoms with Crippen molar-refractivity contribution in [1.82, 2.24) is 5.32 Å². The number of ether oxygens (including phenoxy) is 1. The summed E-state index contributed by atoms with van der Waals surface area (Å²) in [4.78, 5) is 24.2. The highest BCUT2D eigenvalue weighted by atomic mass is 16.5. The Hall–Kier alpha value is -3.40. The van der Waals surface area contributed by atoms with Crippen LogP contribution in [0.15, 0.2) is 66.7 Å². The molecule has 1 aliphatic rings. The fourth-order valence-electron chi connectivity index (χ4n) is 4.72. The summed E-state index contributed by atoms with van der Waals surface area (Å²) >= 11 is 0. The Kier molecular flexibility index (Phi) is 7.23. The number of fused-ring (bicyclic) bond motifs is 3. The molecule has 33 heavy (non-hydrogen) atoms. The number of hydrogen-bond acceptors (Lipinski definition) is 3. The molecule has 1 atom stereocenters. The predicted molar refractivity (Wildman–Crippen MR) is 131 cm³/mol. The lowest BCUT2D eigenvalue weighted by atomic mass is 9.93. The van der Waals surface area contributed by atoms with Gasteiger partial charge in [0, 0.05) is 18.9 Å². The minimum absolute atomic E-state index is 0.0533. The van der Waals surface area contributed by atoms with Crippen molar-refractivity contribution in [3.63, 3.8) is 0 Å². The van der Waals surface area contributed by atoms with Crippen molar-refractivity contribution in [3.05, 3.63) is 94.5 Å². The molecule has 0 bridgehead atoms. The minimum Gasteiger partial charge on any atom is -0.466 e. The van der Waals surface area contributed by atoms with Crippen LogP contribution in [0.2, 0.25) is 0 Å². The number of esters is 1. The molecule has 4 rings (SSSR count). The third kappa shape index (κ3) is 5.33. The van der Waals surface area contributed by atoms with Gasteiger partial charge in [-0.1, -0.05) is 73.7 Å². The highest BCUT2D eigenvalue weighted by Crippen LogP contribution is 2.45. The molecule has 170 valence electrons. The average molecular weight is 442 g/mol. The van der Waals surface area contributed by atoms with Crippen molar-refractivity contribution in [2.75, 3.05) is 13.2 Å². The van der Waals surface area contributed by atoms with Crippen molar-refractivity contribution < 1.29 is 14.3 Å². The summed E-state index contributed by atoms with van der Waals surface area (Å²) < 4.78 is 4.97. The number of benzene rings is 3. The van der Waals surface area contributed by atoms with Gasteiger partial charge in [-0.25, -0.2) is 0 Å². The summed E-state index contributed by atoms with van der Waals surface area (Å²) in [5, 5.41) is 3.08. The van der Waals surface area contributed by atoms with E-state index in [1.54, 1.807) is 0 Å². The third-order valence-electron chi connectivity index (χ3n) is 6.38. The van der Waals surface area contributed by atoms with Crippen LogP contribution in [0.25, 0.3) is 11.1 Å². The molecule has 0 spiro atoms. The zero-order valence-electron chi connectivity index (χ0n) is 19.4. The van der Waals surface area contributed by atoms with Gasteiger partial charge in [0.25, 0.3) is 0 Å². The van der Waals surface area contributed by atoms with E-state index in [9.17, 15) is 9.59 Å². The molecule has 1 unspecified atom stereocenters. The van der Waals surface area contributed by atoms with Crippen LogP contribution in [-0.2, 0) is 33.6 Å². The lowest BCUT2D eigenvalue weighted by molar-refractivity contribution is -0.143. The van der Waals surface area contributed by atoms with Crippen LogP contribution in [0, 0.1) is 0 Å². The molecular formula is C29H31NO3. The van der Waals surface area contributed by atoms with Gasteiger partial charge in [-0.15, -0.1) is 0 Å². The van der Waals surface area contributed by atoms with E-state index in [1.807, 2.05) is 19.1 Å². The van der Waals surface area contributed by atoms with Gasteiger partial charge >= 0.3 is 5.97 Å². The van der Waals surface area contributed by atoms with E-state index in [-0.39, 0.29) is 11.9 Å². The maximum absolute atomic E-state index is 12.7. The summed E-state index contributed by atoms with van der Waals surface area (Å²) in [6.45, 7) is 5.06. The van der Waals surface area contributed by atoms with Crippen LogP contribution in [0.1, 0.15) is 54.0 Å². The zero-order chi connectivity index (χ0) is 23.2. The number of amides is 1. The molecule has 0 radical (unpaired) electrons. The number of carbonyl (C=O) groups is 2. The van der Waals surface area contributed by atoms with Gasteiger partial charge in [-0.3, -0.25) is 9.59 Å². The normalized spacial score (nSPS) is 13.8. The number of rotatable bonds is 9. The lowest BCUT2D eigenvalue weighted by Crippen LogP contribution is -2.27. The molecule has 3 aromatic carbocycles. The Bertz CT molecular complexity index is 1130. The predicted octanol–water partition coefficient (Wildman–Crippen LogP) is 5.22. The quantitative estimate of drug-likeness (QED) is 0.464. The Morgan fingerprint density at radius 1 is 0.879 bits per heavy atom. The Balaban J connectivity index is 1.29. The third-order valence-corrected chi connectivity index (χ3v) is 6.38. The minimum atomic E-state index is -0.161. The average Bonchev–Trinajstić information content (AvgIpc) is 3.12. The second kappa shape index (κ2) is 10.5. The zero-order valence-corrected chi connectivity index (χ0v) is 19.4. The molecule has 0 aromatic heterocycles. The number of carbonyl (C=O) groups excluding carboxylic acids is 2. The molecule has 1 N–H and O–H groups in total. The van der Waals surface area contributed by atoms with E-state index in [0.29, 0.717) is 38.3 Å². The van der Waals surface area contributed by atoms with Crippen LogP contribution in [-0.4, -0.2) is 25.0 Å². The van der Waals surface area contributed by atoms with Crippen LogP contribution < -0.4 is 5.32 Å². The first-order chi connectivity index (χ1) is 16.1. The fraction of sp³-hybridized carbons (Fsp3) is 0.310. The molecule has 1 amide bonds. The van der Waals surface area contributed by atoms with Crippen LogP contribution in [0.4, 0.5) is 0 Å². The number of nitrogens with one attached hydrogen (secondary N) is 1. The molecular weight excluding hydrogens is 410 g/mol. The van der Waals surface area contributed by atoms with Crippen LogP contribution in [0.5, 0.6) is 0 Å².